The molecule has 0 aliphatic heterocycles. The number of nitrogens with zero attached hydrogens (tertiary/aromatic N) is 3. The van der Waals surface area contributed by atoms with E-state index in [1.54, 1.807) is 4.72 Å². The fourth-order valence-electron chi connectivity index (χ4n) is 3.88. The predicted octanol–water partition coefficient (Wildman–Crippen LogP) is 4.39. The Kier molecular flexibility index (Phi) is 6.30. The first-order valence-corrected chi connectivity index (χ1v) is 12.9. The first-order chi connectivity index (χ1) is 16.2. The first-order valence-electron chi connectivity index (χ1n) is 10.6. The van der Waals surface area contributed by atoms with Crippen LogP contribution in [0.15, 0.2) is 14.8 Å². The molecule has 1 atom stereocenters. The van der Waals surface area contributed by atoms with Crippen LogP contribution in [0.5, 0.6) is 0 Å². The van der Waals surface area contributed by atoms with Crippen molar-refractivity contribution in [2.75, 3.05) is 5.32 Å². The number of carbonyl (C=O) groups is 2. The van der Waals surface area contributed by atoms with Crippen LogP contribution in [0.4, 0.5) is 28.4 Å². The summed E-state index contributed by atoms with van der Waals surface area (Å²) in [5.41, 5.74) is -1.95. The number of anilines is 1. The van der Waals surface area contributed by atoms with E-state index in [1.807, 2.05) is 0 Å². The van der Waals surface area contributed by atoms with Gasteiger partial charge in [0, 0.05) is 11.3 Å². The maximum Gasteiger partial charge on any atom is 0.433 e. The van der Waals surface area contributed by atoms with Crippen molar-refractivity contribution in [3.8, 4) is 0 Å². The number of halogens is 3. The molecule has 15 heteroatoms. The van der Waals surface area contributed by atoms with Gasteiger partial charge in [-0.05, 0) is 57.4 Å². The zero-order valence-corrected chi connectivity index (χ0v) is 20.2. The molecule has 0 saturated heterocycles. The fourth-order valence-corrected chi connectivity index (χ4v) is 6.40. The smallest absolute Gasteiger partial charge is 0.433 e. The SMILES string of the molecule is CC(C)(O)c1ncc(S(=O)(=NC(=O)Nc2c3c(nc(C(F)(F)F)c2C2CC2)CCC3)NC(=O)O)s1. The number of rotatable bonds is 5. The third kappa shape index (κ3) is 5.26. The Morgan fingerprint density at radius 1 is 1.26 bits per heavy atom. The maximum atomic E-state index is 13.8. The molecule has 4 N–H and O–H groups in total. The molecule has 2 aliphatic rings. The van der Waals surface area contributed by atoms with Gasteiger partial charge in [0.15, 0.2) is 9.92 Å². The number of alkyl halides is 3. The minimum Gasteiger partial charge on any atom is -0.464 e. The average Bonchev–Trinajstić information content (AvgIpc) is 3.21. The number of pyridine rings is 1. The molecule has 3 amide bonds. The number of aliphatic hydroxyl groups is 1. The molecule has 2 heterocycles. The summed E-state index contributed by atoms with van der Waals surface area (Å²) < 4.78 is 59.8. The zero-order chi connectivity index (χ0) is 25.8. The van der Waals surface area contributed by atoms with Crippen molar-refractivity contribution in [1.82, 2.24) is 14.7 Å². The Hall–Kier alpha value is -2.78. The van der Waals surface area contributed by atoms with Crippen LogP contribution in [-0.2, 0) is 34.5 Å². The standard InChI is InChI=1S/C20H22F3N5O5S2/c1-19(2,32)16-24-8-12(34-16)35(33,28-18(30)31)27-17(29)26-14-10-4-3-5-11(10)25-15(20(21,22)23)13(14)9-6-7-9/h8-9,32H,3-7H2,1-2H3,(H,30,31)(H2,25,26,27,28,29,33). The van der Waals surface area contributed by atoms with Gasteiger partial charge in [-0.2, -0.15) is 13.2 Å². The molecule has 2 aromatic heterocycles. The van der Waals surface area contributed by atoms with E-state index >= 15 is 0 Å². The maximum absolute atomic E-state index is 13.8. The zero-order valence-electron chi connectivity index (χ0n) is 18.6. The normalized spacial score (nSPS) is 17.4. The van der Waals surface area contributed by atoms with Gasteiger partial charge in [0.2, 0.25) is 0 Å². The van der Waals surface area contributed by atoms with Crippen LogP contribution in [0.2, 0.25) is 0 Å². The lowest BCUT2D eigenvalue weighted by Gasteiger charge is -2.20. The largest absolute Gasteiger partial charge is 0.464 e. The Morgan fingerprint density at radius 2 is 1.94 bits per heavy atom. The van der Waals surface area contributed by atoms with E-state index in [0.29, 0.717) is 49.0 Å². The summed E-state index contributed by atoms with van der Waals surface area (Å²) in [7, 11) is -4.13. The van der Waals surface area contributed by atoms with Crippen molar-refractivity contribution in [3.05, 3.63) is 33.7 Å². The van der Waals surface area contributed by atoms with Gasteiger partial charge < -0.3 is 15.5 Å². The Balaban J connectivity index is 1.79. The highest BCUT2D eigenvalue weighted by atomic mass is 32.2. The minimum absolute atomic E-state index is 0.0466. The van der Waals surface area contributed by atoms with Crippen LogP contribution in [-0.4, -0.2) is 36.5 Å². The summed E-state index contributed by atoms with van der Waals surface area (Å²) in [6, 6.07) is -1.28. The number of carboxylic acid groups (broad SMARTS) is 1. The van der Waals surface area contributed by atoms with Gasteiger partial charge in [0.05, 0.1) is 11.9 Å². The second kappa shape index (κ2) is 8.71. The Bertz CT molecular complexity index is 1320. The fraction of sp³-hybridized carbons (Fsp3) is 0.500. The molecule has 2 aliphatic carbocycles. The van der Waals surface area contributed by atoms with Crippen LogP contribution in [0.25, 0.3) is 0 Å². The van der Waals surface area contributed by atoms with Gasteiger partial charge in [-0.15, -0.1) is 15.7 Å². The van der Waals surface area contributed by atoms with Gasteiger partial charge in [0.1, 0.15) is 20.5 Å². The van der Waals surface area contributed by atoms with Crippen LogP contribution in [0.3, 0.4) is 0 Å². The highest BCUT2D eigenvalue weighted by Crippen LogP contribution is 2.50. The number of aryl methyl sites for hydroxylation is 1. The number of amides is 3. The molecule has 1 fully saturated rings. The molecular weight excluding hydrogens is 511 g/mol. The molecule has 0 spiro atoms. The molecule has 10 nitrogen and oxygen atoms in total. The Labute approximate surface area is 202 Å². The highest BCUT2D eigenvalue weighted by molar-refractivity contribution is 7.94. The van der Waals surface area contributed by atoms with Crippen molar-refractivity contribution in [2.24, 2.45) is 4.36 Å². The summed E-state index contributed by atoms with van der Waals surface area (Å²) in [6.07, 6.45) is -3.17. The van der Waals surface area contributed by atoms with Gasteiger partial charge in [-0.1, -0.05) is 0 Å². The summed E-state index contributed by atoms with van der Waals surface area (Å²) in [4.78, 5) is 32.0. The van der Waals surface area contributed by atoms with E-state index < -0.39 is 45.4 Å². The minimum atomic E-state index is -4.74. The van der Waals surface area contributed by atoms with Crippen molar-refractivity contribution in [3.63, 3.8) is 0 Å². The van der Waals surface area contributed by atoms with Crippen LogP contribution >= 0.6 is 11.3 Å². The molecule has 0 aromatic carbocycles. The average molecular weight is 534 g/mol. The van der Waals surface area contributed by atoms with E-state index in [0.717, 1.165) is 6.20 Å². The number of hydrogen-bond acceptors (Lipinski definition) is 7. The molecular formula is C20H22F3N5O5S2. The highest BCUT2D eigenvalue weighted by Gasteiger charge is 2.43. The lowest BCUT2D eigenvalue weighted by molar-refractivity contribution is -0.141. The summed E-state index contributed by atoms with van der Waals surface area (Å²) >= 11 is 0.686. The molecule has 2 aromatic rings. The molecule has 0 radical (unpaired) electrons. The molecule has 1 unspecified atom stereocenters. The van der Waals surface area contributed by atoms with E-state index in [1.165, 1.54) is 13.8 Å². The van der Waals surface area contributed by atoms with Crippen LogP contribution in [0, 0.1) is 0 Å². The van der Waals surface area contributed by atoms with Crippen molar-refractivity contribution < 1.29 is 37.2 Å². The van der Waals surface area contributed by atoms with E-state index in [2.05, 4.69) is 19.6 Å². The van der Waals surface area contributed by atoms with Gasteiger partial charge in [-0.25, -0.2) is 28.5 Å². The summed E-state index contributed by atoms with van der Waals surface area (Å²) in [6.45, 7) is 2.82. The first kappa shape index (κ1) is 25.3. The Morgan fingerprint density at radius 3 is 2.49 bits per heavy atom. The number of carbonyl (C=O) groups excluding carboxylic acids is 1. The molecule has 35 heavy (non-hydrogen) atoms. The second-order valence-corrected chi connectivity index (χ2v) is 12.0. The number of hydrogen-bond donors (Lipinski definition) is 4. The number of nitrogens with one attached hydrogen (secondary N) is 2. The number of thiazole rings is 1. The molecule has 190 valence electrons. The van der Waals surface area contributed by atoms with Crippen molar-refractivity contribution >= 4 is 39.1 Å². The van der Waals surface area contributed by atoms with Crippen LogP contribution < -0.4 is 10.0 Å². The van der Waals surface area contributed by atoms with E-state index in [9.17, 15) is 37.2 Å². The van der Waals surface area contributed by atoms with Crippen molar-refractivity contribution in [2.45, 2.75) is 67.9 Å². The topological polar surface area (TPSA) is 154 Å². The summed E-state index contributed by atoms with van der Waals surface area (Å²) in [5, 5.41) is 21.7. The number of aromatic nitrogens is 2. The van der Waals surface area contributed by atoms with Gasteiger partial charge in [-0.3, -0.25) is 0 Å². The van der Waals surface area contributed by atoms with E-state index in [4.69, 9.17) is 0 Å². The molecule has 4 rings (SSSR count). The summed E-state index contributed by atoms with van der Waals surface area (Å²) in [5.74, 6) is -0.433. The molecule has 0 bridgehead atoms. The third-order valence-electron chi connectivity index (χ3n) is 5.47. The quantitative estimate of drug-likeness (QED) is 0.444. The number of urea groups is 1. The predicted molar refractivity (Wildman–Crippen MR) is 120 cm³/mol. The third-order valence-corrected chi connectivity index (χ3v) is 9.02. The number of fused-ring (bicyclic) bond motifs is 1. The molecule has 1 saturated carbocycles. The lowest BCUT2D eigenvalue weighted by Crippen LogP contribution is -2.30. The van der Waals surface area contributed by atoms with E-state index in [-0.39, 0.29) is 26.2 Å². The van der Waals surface area contributed by atoms with Gasteiger partial charge in [0.25, 0.3) is 0 Å². The van der Waals surface area contributed by atoms with Crippen molar-refractivity contribution in [1.29, 1.82) is 0 Å². The lowest BCUT2D eigenvalue weighted by atomic mass is 10.00. The van der Waals surface area contributed by atoms with Crippen LogP contribution in [0.1, 0.15) is 66.6 Å². The second-order valence-electron chi connectivity index (χ2n) is 8.80. The van der Waals surface area contributed by atoms with Gasteiger partial charge >= 0.3 is 18.3 Å². The monoisotopic (exact) mass is 533 g/mol.